The van der Waals surface area contributed by atoms with Gasteiger partial charge in [-0.05, 0) is 61.7 Å². The summed E-state index contributed by atoms with van der Waals surface area (Å²) in [5.74, 6) is -0.215. The molecule has 0 radical (unpaired) electrons. The Kier molecular flexibility index (Phi) is 5.72. The van der Waals surface area contributed by atoms with E-state index in [9.17, 15) is 4.79 Å². The smallest absolute Gasteiger partial charge is 0.335 e. The van der Waals surface area contributed by atoms with Crippen molar-refractivity contribution in [3.63, 3.8) is 0 Å². The maximum atomic E-state index is 13.7. The standard InChI is InChI=1S/C29H26ClN5O2/c1-19-8-11-26-20(14-19)15-22-12-13-29(17-34(22)26,21-6-4-3-5-7-21)32-27(36)24-10-9-23(16-25(24)30)35-18-31-28(33-35)37-2/h3-11,14-16,18H,12-13,17H2,1-2H3,(H,32,36)/t29-/m1/s1. The Balaban J connectivity index is 1.35. The Morgan fingerprint density at radius 2 is 1.92 bits per heavy atom. The predicted molar refractivity (Wildman–Crippen MR) is 144 cm³/mol. The van der Waals surface area contributed by atoms with Crippen LogP contribution in [0.5, 0.6) is 6.01 Å². The molecule has 1 aliphatic heterocycles. The van der Waals surface area contributed by atoms with Gasteiger partial charge in [0.25, 0.3) is 5.91 Å². The van der Waals surface area contributed by atoms with Crippen LogP contribution in [-0.4, -0.2) is 32.3 Å². The van der Waals surface area contributed by atoms with Crippen molar-refractivity contribution in [1.82, 2.24) is 24.6 Å². The second-order valence-corrected chi connectivity index (χ2v) is 9.93. The topological polar surface area (TPSA) is 74.0 Å². The number of aryl methyl sites for hydroxylation is 2. The molecule has 1 aliphatic rings. The number of hydrogen-bond donors (Lipinski definition) is 1. The first-order valence-electron chi connectivity index (χ1n) is 12.2. The fourth-order valence-electron chi connectivity index (χ4n) is 5.28. The molecule has 37 heavy (non-hydrogen) atoms. The molecule has 1 N–H and O–H groups in total. The van der Waals surface area contributed by atoms with Crippen LogP contribution in [-0.2, 0) is 18.5 Å². The molecule has 0 saturated heterocycles. The lowest BCUT2D eigenvalue weighted by atomic mass is 9.82. The number of carbonyl (C=O) groups excluding carboxylic acids is 1. The Labute approximate surface area is 219 Å². The third kappa shape index (κ3) is 4.15. The molecule has 0 fully saturated rings. The van der Waals surface area contributed by atoms with Crippen molar-refractivity contribution in [1.29, 1.82) is 0 Å². The summed E-state index contributed by atoms with van der Waals surface area (Å²) in [7, 11) is 1.51. The van der Waals surface area contributed by atoms with E-state index in [2.05, 4.69) is 63.3 Å². The van der Waals surface area contributed by atoms with E-state index in [-0.39, 0.29) is 11.9 Å². The summed E-state index contributed by atoms with van der Waals surface area (Å²) in [4.78, 5) is 17.8. The quantitative estimate of drug-likeness (QED) is 0.340. The van der Waals surface area contributed by atoms with Gasteiger partial charge in [-0.3, -0.25) is 4.79 Å². The van der Waals surface area contributed by atoms with E-state index in [0.717, 1.165) is 18.4 Å². The van der Waals surface area contributed by atoms with Gasteiger partial charge in [-0.15, -0.1) is 5.10 Å². The molecular formula is C29H26ClN5O2. The van der Waals surface area contributed by atoms with Crippen LogP contribution in [0, 0.1) is 6.92 Å². The number of amides is 1. The predicted octanol–water partition coefficient (Wildman–Crippen LogP) is 5.46. The highest BCUT2D eigenvalue weighted by atomic mass is 35.5. The largest absolute Gasteiger partial charge is 0.466 e. The normalized spacial score (nSPS) is 16.9. The Bertz CT molecular complexity index is 1620. The van der Waals surface area contributed by atoms with Crippen molar-refractivity contribution in [2.45, 2.75) is 31.8 Å². The summed E-state index contributed by atoms with van der Waals surface area (Å²) >= 11 is 6.62. The second kappa shape index (κ2) is 9.09. The van der Waals surface area contributed by atoms with Crippen molar-refractivity contribution in [2.75, 3.05) is 7.11 Å². The molecule has 0 bridgehead atoms. The number of carbonyl (C=O) groups is 1. The number of rotatable bonds is 5. The molecule has 7 nitrogen and oxygen atoms in total. The number of ether oxygens (including phenoxy) is 1. The van der Waals surface area contributed by atoms with E-state index in [4.69, 9.17) is 16.3 Å². The van der Waals surface area contributed by atoms with Crippen molar-refractivity contribution in [3.8, 4) is 11.7 Å². The lowest BCUT2D eigenvalue weighted by Gasteiger charge is -2.40. The van der Waals surface area contributed by atoms with Crippen molar-refractivity contribution in [2.24, 2.45) is 0 Å². The number of aromatic nitrogens is 4. The highest BCUT2D eigenvalue weighted by molar-refractivity contribution is 6.34. The zero-order valence-electron chi connectivity index (χ0n) is 20.6. The molecule has 3 heterocycles. The molecule has 6 rings (SSSR count). The van der Waals surface area contributed by atoms with Crippen LogP contribution in [0.2, 0.25) is 5.02 Å². The Morgan fingerprint density at radius 3 is 2.68 bits per heavy atom. The van der Waals surface area contributed by atoms with Gasteiger partial charge < -0.3 is 14.6 Å². The summed E-state index contributed by atoms with van der Waals surface area (Å²) in [6.07, 6.45) is 3.17. The molecule has 0 spiro atoms. The molecule has 3 aromatic carbocycles. The van der Waals surface area contributed by atoms with Crippen LogP contribution in [0.3, 0.4) is 0 Å². The summed E-state index contributed by atoms with van der Waals surface area (Å²) in [5.41, 5.74) is 5.29. The minimum absolute atomic E-state index is 0.215. The third-order valence-electron chi connectivity index (χ3n) is 7.17. The van der Waals surface area contributed by atoms with E-state index in [1.165, 1.54) is 35.6 Å². The van der Waals surface area contributed by atoms with Gasteiger partial charge in [0.2, 0.25) is 0 Å². The van der Waals surface area contributed by atoms with Gasteiger partial charge in [0.05, 0.1) is 35.5 Å². The zero-order valence-corrected chi connectivity index (χ0v) is 21.4. The molecule has 0 aliphatic carbocycles. The number of hydrogen-bond acceptors (Lipinski definition) is 4. The maximum absolute atomic E-state index is 13.7. The summed E-state index contributed by atoms with van der Waals surface area (Å²) in [6, 6.07) is 24.5. The Hall–Kier alpha value is -4.10. The summed E-state index contributed by atoms with van der Waals surface area (Å²) in [5, 5.41) is 9.18. The van der Waals surface area contributed by atoms with Crippen molar-refractivity contribution < 1.29 is 9.53 Å². The average Bonchev–Trinajstić information content (AvgIpc) is 3.53. The molecule has 1 atom stereocenters. The van der Waals surface area contributed by atoms with Gasteiger partial charge in [-0.25, -0.2) is 4.68 Å². The number of nitrogens with zero attached hydrogens (tertiary/aromatic N) is 4. The number of halogens is 1. The summed E-state index contributed by atoms with van der Waals surface area (Å²) < 4.78 is 8.95. The van der Waals surface area contributed by atoms with Crippen LogP contribution in [0.4, 0.5) is 0 Å². The molecule has 5 aromatic rings. The van der Waals surface area contributed by atoms with E-state index in [0.29, 0.717) is 22.8 Å². The highest BCUT2D eigenvalue weighted by Gasteiger charge is 2.38. The van der Waals surface area contributed by atoms with Crippen LogP contribution in [0.15, 0.2) is 79.1 Å². The average molecular weight is 512 g/mol. The van der Waals surface area contributed by atoms with Gasteiger partial charge in [0, 0.05) is 16.6 Å². The molecule has 0 unspecified atom stereocenters. The van der Waals surface area contributed by atoms with Gasteiger partial charge >= 0.3 is 6.01 Å². The number of fused-ring (bicyclic) bond motifs is 3. The second-order valence-electron chi connectivity index (χ2n) is 9.53. The van der Waals surface area contributed by atoms with E-state index in [1.54, 1.807) is 22.9 Å². The van der Waals surface area contributed by atoms with Crippen molar-refractivity contribution in [3.05, 3.63) is 107 Å². The van der Waals surface area contributed by atoms with Gasteiger partial charge in [-0.1, -0.05) is 53.6 Å². The molecule has 8 heteroatoms. The third-order valence-corrected chi connectivity index (χ3v) is 7.49. The minimum Gasteiger partial charge on any atom is -0.466 e. The Morgan fingerprint density at radius 1 is 1.08 bits per heavy atom. The highest BCUT2D eigenvalue weighted by Crippen LogP contribution is 2.37. The molecule has 1 amide bonds. The number of nitrogens with one attached hydrogen (secondary N) is 1. The van der Waals surface area contributed by atoms with E-state index >= 15 is 0 Å². The zero-order chi connectivity index (χ0) is 25.6. The lowest BCUT2D eigenvalue weighted by molar-refractivity contribution is 0.0868. The van der Waals surface area contributed by atoms with Crippen LogP contribution < -0.4 is 10.1 Å². The first-order valence-corrected chi connectivity index (χ1v) is 12.6. The van der Waals surface area contributed by atoms with Crippen molar-refractivity contribution >= 4 is 28.4 Å². The molecular weight excluding hydrogens is 486 g/mol. The fourth-order valence-corrected chi connectivity index (χ4v) is 5.54. The lowest BCUT2D eigenvalue weighted by Crippen LogP contribution is -2.51. The molecule has 186 valence electrons. The van der Waals surface area contributed by atoms with Crippen LogP contribution in [0.25, 0.3) is 16.6 Å². The monoisotopic (exact) mass is 511 g/mol. The molecule has 2 aromatic heterocycles. The van der Waals surface area contributed by atoms with E-state index < -0.39 is 5.54 Å². The fraction of sp³-hybridized carbons (Fsp3) is 0.207. The summed E-state index contributed by atoms with van der Waals surface area (Å²) in [6.45, 7) is 2.75. The molecule has 0 saturated carbocycles. The number of methoxy groups -OCH3 is 1. The van der Waals surface area contributed by atoms with Crippen LogP contribution >= 0.6 is 11.6 Å². The SMILES string of the molecule is COc1ncn(-c2ccc(C(=O)N[C@]3(c4ccccc4)CCc4cc5cc(C)ccc5n4C3)c(Cl)c2)n1. The van der Waals surface area contributed by atoms with Gasteiger partial charge in [-0.2, -0.15) is 4.98 Å². The minimum atomic E-state index is -0.580. The first kappa shape index (κ1) is 23.3. The van der Waals surface area contributed by atoms with Gasteiger partial charge in [0.15, 0.2) is 0 Å². The first-order chi connectivity index (χ1) is 18.0. The van der Waals surface area contributed by atoms with Gasteiger partial charge in [0.1, 0.15) is 6.33 Å². The van der Waals surface area contributed by atoms with E-state index in [1.807, 2.05) is 18.2 Å². The number of benzene rings is 3. The maximum Gasteiger partial charge on any atom is 0.335 e. The van der Waals surface area contributed by atoms with Crippen LogP contribution in [0.1, 0.15) is 33.6 Å².